The van der Waals surface area contributed by atoms with E-state index in [1.165, 1.54) is 0 Å². The van der Waals surface area contributed by atoms with Gasteiger partial charge in [-0.3, -0.25) is 9.59 Å². The van der Waals surface area contributed by atoms with Crippen molar-refractivity contribution >= 4 is 52.0 Å². The maximum atomic E-state index is 12.2. The Kier molecular flexibility index (Phi) is 6.36. The van der Waals surface area contributed by atoms with Gasteiger partial charge < -0.3 is 14.6 Å². The van der Waals surface area contributed by atoms with Gasteiger partial charge in [-0.15, -0.1) is 0 Å². The zero-order valence-electron chi connectivity index (χ0n) is 14.6. The molecule has 3 rings (SSSR count). The normalized spacial score (nSPS) is 10.7. The van der Waals surface area contributed by atoms with Crippen LogP contribution in [0, 0.1) is 0 Å². The number of anilines is 1. The minimum absolute atomic E-state index is 0.00459. The van der Waals surface area contributed by atoms with Crippen molar-refractivity contribution < 1.29 is 14.3 Å². The van der Waals surface area contributed by atoms with Crippen molar-refractivity contribution in [3.8, 4) is 0 Å². The van der Waals surface area contributed by atoms with Crippen molar-refractivity contribution in [3.05, 3.63) is 59.4 Å². The van der Waals surface area contributed by atoms with Crippen molar-refractivity contribution in [1.29, 1.82) is 0 Å². The van der Waals surface area contributed by atoms with E-state index in [1.807, 2.05) is 35.1 Å². The number of carbonyl (C=O) groups excluding carboxylic acids is 2. The number of amides is 1. The number of nitrogens with zero attached hydrogens (tertiary/aromatic N) is 2. The predicted molar refractivity (Wildman–Crippen MR) is 108 cm³/mol. The lowest BCUT2D eigenvalue weighted by Crippen LogP contribution is -2.23. The molecule has 0 saturated carbocycles. The fourth-order valence-corrected chi connectivity index (χ4v) is 3.20. The first-order valence-corrected chi connectivity index (χ1v) is 9.98. The van der Waals surface area contributed by atoms with Crippen LogP contribution in [0.15, 0.2) is 48.5 Å². The van der Waals surface area contributed by atoms with Crippen molar-refractivity contribution in [2.75, 3.05) is 18.2 Å². The lowest BCUT2D eigenvalue weighted by atomic mass is 10.3. The molecule has 1 N–H and O–H groups in total. The summed E-state index contributed by atoms with van der Waals surface area (Å²) in [5, 5.41) is 3.22. The highest BCUT2D eigenvalue weighted by molar-refractivity contribution is 7.97. The molecule has 0 fully saturated rings. The maximum absolute atomic E-state index is 12.2. The van der Waals surface area contributed by atoms with Gasteiger partial charge in [-0.05, 0) is 42.7 Å². The zero-order chi connectivity index (χ0) is 19.2. The molecule has 0 spiro atoms. The maximum Gasteiger partial charge on any atom is 0.326 e. The van der Waals surface area contributed by atoms with Gasteiger partial charge in [0.15, 0.2) is 6.61 Å². The van der Waals surface area contributed by atoms with E-state index in [-0.39, 0.29) is 13.2 Å². The number of aromatic nitrogens is 2. The number of ether oxygens (including phenoxy) is 1. The minimum atomic E-state index is -0.494. The summed E-state index contributed by atoms with van der Waals surface area (Å²) >= 11 is 7.43. The highest BCUT2D eigenvalue weighted by atomic mass is 35.5. The third-order valence-electron chi connectivity index (χ3n) is 3.79. The Morgan fingerprint density at radius 3 is 2.67 bits per heavy atom. The van der Waals surface area contributed by atoms with Gasteiger partial charge in [-0.1, -0.05) is 23.7 Å². The molecule has 0 aliphatic heterocycles. The third kappa shape index (κ3) is 5.02. The Morgan fingerprint density at radius 2 is 1.93 bits per heavy atom. The summed E-state index contributed by atoms with van der Waals surface area (Å²) in [7, 11) is 0. The number of benzene rings is 2. The van der Waals surface area contributed by atoms with E-state index in [2.05, 4.69) is 10.3 Å². The number of fused-ring (bicyclic) bond motifs is 1. The van der Waals surface area contributed by atoms with Crippen LogP contribution < -0.4 is 5.32 Å². The summed E-state index contributed by atoms with van der Waals surface area (Å²) in [5.74, 6) is 0.572. The van der Waals surface area contributed by atoms with E-state index in [0.717, 1.165) is 16.9 Å². The highest BCUT2D eigenvalue weighted by Crippen LogP contribution is 2.19. The van der Waals surface area contributed by atoms with Crippen LogP contribution in [-0.2, 0) is 26.6 Å². The van der Waals surface area contributed by atoms with Crippen molar-refractivity contribution in [2.45, 2.75) is 12.3 Å². The zero-order valence-corrected chi connectivity index (χ0v) is 16.2. The molecular formula is C19H18ClN3O3S. The number of para-hydroxylation sites is 2. The number of thioether (sulfide) groups is 1. The number of esters is 1. The number of hydrogen-bond acceptors (Lipinski definition) is 5. The molecule has 0 radical (unpaired) electrons. The number of nitrogens with one attached hydrogen (secondary N) is 1. The van der Waals surface area contributed by atoms with E-state index < -0.39 is 11.9 Å². The molecule has 0 aliphatic carbocycles. The topological polar surface area (TPSA) is 73.2 Å². The highest BCUT2D eigenvalue weighted by Gasteiger charge is 2.15. The third-order valence-corrected chi connectivity index (χ3v) is 4.59. The average molecular weight is 404 g/mol. The Hall–Kier alpha value is -2.51. The number of rotatable bonds is 7. The first-order chi connectivity index (χ1) is 13.1. The molecule has 2 aromatic carbocycles. The Labute approximate surface area is 165 Å². The Balaban J connectivity index is 1.60. The monoisotopic (exact) mass is 403 g/mol. The molecule has 3 aromatic rings. The Bertz CT molecular complexity index is 956. The molecule has 0 atom stereocenters. The number of carbonyl (C=O) groups is 2. The van der Waals surface area contributed by atoms with Crippen LogP contribution in [0.4, 0.5) is 5.69 Å². The second-order valence-corrected chi connectivity index (χ2v) is 7.05. The molecule has 27 heavy (non-hydrogen) atoms. The second-order valence-electron chi connectivity index (χ2n) is 5.75. The van der Waals surface area contributed by atoms with E-state index in [9.17, 15) is 9.59 Å². The quantitative estimate of drug-likeness (QED) is 0.608. The minimum Gasteiger partial charge on any atom is -0.454 e. The lowest BCUT2D eigenvalue weighted by molar-refractivity contribution is -0.147. The van der Waals surface area contributed by atoms with E-state index in [1.54, 1.807) is 36.0 Å². The molecule has 0 bridgehead atoms. The number of hydrogen-bond donors (Lipinski definition) is 1. The number of halogens is 1. The molecule has 1 aromatic heterocycles. The first-order valence-electron chi connectivity index (χ1n) is 8.21. The van der Waals surface area contributed by atoms with Gasteiger partial charge in [0.2, 0.25) is 0 Å². The van der Waals surface area contributed by atoms with Crippen LogP contribution >= 0.6 is 23.4 Å². The van der Waals surface area contributed by atoms with Crippen molar-refractivity contribution in [3.63, 3.8) is 0 Å². The van der Waals surface area contributed by atoms with Crippen molar-refractivity contribution in [1.82, 2.24) is 9.55 Å². The van der Waals surface area contributed by atoms with Crippen LogP contribution in [0.5, 0.6) is 0 Å². The van der Waals surface area contributed by atoms with Gasteiger partial charge in [-0.2, -0.15) is 11.8 Å². The lowest BCUT2D eigenvalue weighted by Gasteiger charge is -2.09. The molecular weight excluding hydrogens is 386 g/mol. The molecule has 1 amide bonds. The predicted octanol–water partition coefficient (Wildman–Crippen LogP) is 3.73. The summed E-state index contributed by atoms with van der Waals surface area (Å²) in [6, 6.07) is 14.3. The van der Waals surface area contributed by atoms with Crippen LogP contribution in [0.2, 0.25) is 5.02 Å². The summed E-state index contributed by atoms with van der Waals surface area (Å²) in [4.78, 5) is 28.7. The standard InChI is InChI=1S/C19H18ClN3O3S/c1-27-12-17-22-15-4-2-3-5-16(15)23(17)10-19(25)26-11-18(24)21-14-8-6-13(20)7-9-14/h2-9H,10-12H2,1H3,(H,21,24). The van der Waals surface area contributed by atoms with Crippen LogP contribution in [0.3, 0.4) is 0 Å². The summed E-state index contributed by atoms with van der Waals surface area (Å²) in [6.45, 7) is -0.351. The second kappa shape index (κ2) is 8.92. The van der Waals surface area contributed by atoms with E-state index in [0.29, 0.717) is 16.5 Å². The fraction of sp³-hybridized carbons (Fsp3) is 0.211. The van der Waals surface area contributed by atoms with Gasteiger partial charge in [-0.25, -0.2) is 4.98 Å². The Morgan fingerprint density at radius 1 is 1.19 bits per heavy atom. The molecule has 140 valence electrons. The van der Waals surface area contributed by atoms with Gasteiger partial charge in [0.05, 0.1) is 16.8 Å². The molecule has 0 unspecified atom stereocenters. The number of imidazole rings is 1. The van der Waals surface area contributed by atoms with E-state index >= 15 is 0 Å². The van der Waals surface area contributed by atoms with E-state index in [4.69, 9.17) is 16.3 Å². The largest absolute Gasteiger partial charge is 0.454 e. The van der Waals surface area contributed by atoms with Gasteiger partial charge in [0, 0.05) is 10.7 Å². The summed E-state index contributed by atoms with van der Waals surface area (Å²) in [5.41, 5.74) is 2.28. The summed E-state index contributed by atoms with van der Waals surface area (Å²) in [6.07, 6.45) is 1.98. The SMILES string of the molecule is CSCc1nc2ccccc2n1CC(=O)OCC(=O)Nc1ccc(Cl)cc1. The van der Waals surface area contributed by atoms with Gasteiger partial charge in [0.1, 0.15) is 12.4 Å². The smallest absolute Gasteiger partial charge is 0.326 e. The van der Waals surface area contributed by atoms with Gasteiger partial charge in [0.25, 0.3) is 5.91 Å². The van der Waals surface area contributed by atoms with Crippen molar-refractivity contribution in [2.24, 2.45) is 0 Å². The average Bonchev–Trinajstić information content (AvgIpc) is 3.00. The van der Waals surface area contributed by atoms with Crippen LogP contribution in [-0.4, -0.2) is 34.3 Å². The first kappa shape index (κ1) is 19.3. The molecule has 8 heteroatoms. The van der Waals surface area contributed by atoms with Gasteiger partial charge >= 0.3 is 5.97 Å². The summed E-state index contributed by atoms with van der Waals surface area (Å²) < 4.78 is 6.95. The molecule has 0 aliphatic rings. The van der Waals surface area contributed by atoms with Crippen LogP contribution in [0.25, 0.3) is 11.0 Å². The molecule has 0 saturated heterocycles. The molecule has 1 heterocycles. The molecule has 6 nitrogen and oxygen atoms in total. The fourth-order valence-electron chi connectivity index (χ4n) is 2.59. The van der Waals surface area contributed by atoms with Crippen LogP contribution in [0.1, 0.15) is 5.82 Å².